The molecule has 0 aliphatic heterocycles. The minimum Gasteiger partial charge on any atom is -0.298 e. The molecule has 1 aliphatic rings. The zero-order valence-corrected chi connectivity index (χ0v) is 12.8. The molecule has 1 saturated carbocycles. The van der Waals surface area contributed by atoms with Crippen LogP contribution in [0.4, 0.5) is 0 Å². The molecule has 0 amide bonds. The van der Waals surface area contributed by atoms with Gasteiger partial charge in [0, 0.05) is 12.8 Å². The molecule has 0 radical (unpaired) electrons. The van der Waals surface area contributed by atoms with Crippen LogP contribution in [0.1, 0.15) is 38.5 Å². The second-order valence-electron chi connectivity index (χ2n) is 6.17. The molecule has 0 heterocycles. The van der Waals surface area contributed by atoms with Crippen LogP contribution in [0.5, 0.6) is 0 Å². The molecule has 18 heavy (non-hydrogen) atoms. The number of nitriles is 1. The first-order valence-corrected chi connectivity index (χ1v) is 10.4. The predicted octanol–water partition coefficient (Wildman–Crippen LogP) is 3.55. The Balaban J connectivity index is 2.55. The second kappa shape index (κ2) is 6.76. The van der Waals surface area contributed by atoms with E-state index >= 15 is 0 Å². The van der Waals surface area contributed by atoms with Gasteiger partial charge in [-0.05, 0) is 25.2 Å². The predicted molar refractivity (Wildman–Crippen MR) is 76.4 cm³/mol. The van der Waals surface area contributed by atoms with Crippen LogP contribution < -0.4 is 0 Å². The Bertz CT molecular complexity index is 391. The quantitative estimate of drug-likeness (QED) is 0.433. The highest BCUT2D eigenvalue weighted by Gasteiger charge is 2.29. The fourth-order valence-electron chi connectivity index (χ4n) is 2.36. The average molecular weight is 261 g/mol. The summed E-state index contributed by atoms with van der Waals surface area (Å²) in [6.45, 7) is 6.69. The SMILES string of the molecule is C[Si](C)(C)C#CCC[C@H]1CCCCC(=O)[C@H]1C#N. The number of rotatable bonds is 2. The minimum atomic E-state index is -1.29. The highest BCUT2D eigenvalue weighted by molar-refractivity contribution is 6.83. The lowest BCUT2D eigenvalue weighted by molar-refractivity contribution is -0.122. The summed E-state index contributed by atoms with van der Waals surface area (Å²) in [6, 6.07) is 2.21. The van der Waals surface area contributed by atoms with Gasteiger partial charge in [0.05, 0.1) is 6.07 Å². The third kappa shape index (κ3) is 5.06. The normalized spacial score (nSPS) is 24.7. The van der Waals surface area contributed by atoms with E-state index in [1.54, 1.807) is 0 Å². The molecule has 0 saturated heterocycles. The van der Waals surface area contributed by atoms with Crippen LogP contribution in [0.3, 0.4) is 0 Å². The summed E-state index contributed by atoms with van der Waals surface area (Å²) >= 11 is 0. The Labute approximate surface area is 112 Å². The maximum Gasteiger partial charge on any atom is 0.150 e. The van der Waals surface area contributed by atoms with Crippen molar-refractivity contribution in [3.63, 3.8) is 0 Å². The van der Waals surface area contributed by atoms with Crippen molar-refractivity contribution in [2.75, 3.05) is 0 Å². The van der Waals surface area contributed by atoms with Crippen molar-refractivity contribution >= 4 is 13.9 Å². The van der Waals surface area contributed by atoms with Gasteiger partial charge in [-0.3, -0.25) is 4.79 Å². The number of nitrogens with zero attached hydrogens (tertiary/aromatic N) is 1. The van der Waals surface area contributed by atoms with Gasteiger partial charge < -0.3 is 0 Å². The highest BCUT2D eigenvalue weighted by atomic mass is 28.3. The van der Waals surface area contributed by atoms with Crippen molar-refractivity contribution in [3.05, 3.63) is 0 Å². The smallest absolute Gasteiger partial charge is 0.150 e. The van der Waals surface area contributed by atoms with Crippen molar-refractivity contribution in [1.29, 1.82) is 5.26 Å². The van der Waals surface area contributed by atoms with Crippen LogP contribution in [-0.2, 0) is 4.79 Å². The maximum atomic E-state index is 11.8. The van der Waals surface area contributed by atoms with Gasteiger partial charge in [-0.25, -0.2) is 0 Å². The van der Waals surface area contributed by atoms with Gasteiger partial charge in [0.25, 0.3) is 0 Å². The van der Waals surface area contributed by atoms with E-state index in [2.05, 4.69) is 37.2 Å². The average Bonchev–Trinajstić information content (AvgIpc) is 2.45. The van der Waals surface area contributed by atoms with Gasteiger partial charge >= 0.3 is 0 Å². The Kier molecular flexibility index (Phi) is 5.63. The highest BCUT2D eigenvalue weighted by Crippen LogP contribution is 2.29. The lowest BCUT2D eigenvalue weighted by Gasteiger charge is -2.16. The van der Waals surface area contributed by atoms with Gasteiger partial charge in [0.15, 0.2) is 0 Å². The van der Waals surface area contributed by atoms with Crippen molar-refractivity contribution in [1.82, 2.24) is 0 Å². The van der Waals surface area contributed by atoms with Gasteiger partial charge in [0.2, 0.25) is 0 Å². The lowest BCUT2D eigenvalue weighted by Crippen LogP contribution is -2.20. The molecule has 1 fully saturated rings. The Morgan fingerprint density at radius 1 is 1.33 bits per heavy atom. The number of carbonyl (C=O) groups is 1. The maximum absolute atomic E-state index is 11.8. The van der Waals surface area contributed by atoms with Crippen molar-refractivity contribution in [2.24, 2.45) is 11.8 Å². The van der Waals surface area contributed by atoms with Crippen LogP contribution in [0.15, 0.2) is 0 Å². The van der Waals surface area contributed by atoms with E-state index in [1.807, 2.05) is 0 Å². The lowest BCUT2D eigenvalue weighted by atomic mass is 9.85. The Hall–Kier alpha value is -1.06. The third-order valence-corrected chi connectivity index (χ3v) is 4.24. The standard InChI is InChI=1S/C15H23NOSi/c1-18(2,3)11-7-6-9-13-8-4-5-10-15(17)14(13)12-16/h13-14H,4-6,8-10H2,1-3H3/t13-,14+/m1/s1. The second-order valence-corrected chi connectivity index (χ2v) is 10.9. The molecule has 1 aliphatic carbocycles. The van der Waals surface area contributed by atoms with Crippen LogP contribution in [0.25, 0.3) is 0 Å². The van der Waals surface area contributed by atoms with Crippen LogP contribution >= 0.6 is 0 Å². The molecule has 0 aromatic rings. The Morgan fingerprint density at radius 3 is 2.67 bits per heavy atom. The van der Waals surface area contributed by atoms with E-state index in [0.29, 0.717) is 6.42 Å². The van der Waals surface area contributed by atoms with Crippen LogP contribution in [-0.4, -0.2) is 13.9 Å². The van der Waals surface area contributed by atoms with E-state index in [9.17, 15) is 4.79 Å². The van der Waals surface area contributed by atoms with E-state index in [0.717, 1.165) is 32.1 Å². The minimum absolute atomic E-state index is 0.151. The number of Topliss-reactive ketones (excluding diaryl/α,β-unsaturated/α-hetero) is 1. The topological polar surface area (TPSA) is 40.9 Å². The first-order valence-electron chi connectivity index (χ1n) is 6.86. The summed E-state index contributed by atoms with van der Waals surface area (Å²) in [5.41, 5.74) is 3.34. The molecule has 2 nitrogen and oxygen atoms in total. The molecule has 98 valence electrons. The summed E-state index contributed by atoms with van der Waals surface area (Å²) in [5.74, 6) is 3.26. The molecular formula is C15H23NOSi. The summed E-state index contributed by atoms with van der Waals surface area (Å²) in [5, 5.41) is 9.14. The van der Waals surface area contributed by atoms with E-state index < -0.39 is 8.07 Å². The van der Waals surface area contributed by atoms with E-state index in [-0.39, 0.29) is 17.6 Å². The molecule has 3 heteroatoms. The summed E-state index contributed by atoms with van der Waals surface area (Å²) < 4.78 is 0. The molecule has 0 bridgehead atoms. The van der Waals surface area contributed by atoms with Gasteiger partial charge in [-0.1, -0.05) is 26.1 Å². The molecule has 0 unspecified atom stereocenters. The van der Waals surface area contributed by atoms with E-state index in [1.165, 1.54) is 0 Å². The zero-order chi connectivity index (χ0) is 13.6. The van der Waals surface area contributed by atoms with Crippen LogP contribution in [0.2, 0.25) is 19.6 Å². The van der Waals surface area contributed by atoms with Gasteiger partial charge in [-0.2, -0.15) is 5.26 Å². The summed E-state index contributed by atoms with van der Waals surface area (Å²) in [4.78, 5) is 11.8. The molecular weight excluding hydrogens is 238 g/mol. The monoisotopic (exact) mass is 261 g/mol. The molecule has 0 aromatic heterocycles. The zero-order valence-electron chi connectivity index (χ0n) is 11.8. The molecule has 1 rings (SSSR count). The molecule has 0 spiro atoms. The number of hydrogen-bond donors (Lipinski definition) is 0. The van der Waals surface area contributed by atoms with Crippen molar-refractivity contribution in [2.45, 2.75) is 58.2 Å². The number of hydrogen-bond acceptors (Lipinski definition) is 2. The fraction of sp³-hybridized carbons (Fsp3) is 0.733. The van der Waals surface area contributed by atoms with E-state index in [4.69, 9.17) is 5.26 Å². The van der Waals surface area contributed by atoms with Crippen LogP contribution in [0, 0.1) is 34.6 Å². The first kappa shape index (κ1) is 15.0. The van der Waals surface area contributed by atoms with Gasteiger partial charge in [0.1, 0.15) is 19.8 Å². The molecule has 0 aromatic carbocycles. The number of ketones is 1. The first-order chi connectivity index (χ1) is 8.44. The largest absolute Gasteiger partial charge is 0.298 e. The summed E-state index contributed by atoms with van der Waals surface area (Å²) in [6.07, 6.45) is 5.37. The van der Waals surface area contributed by atoms with Gasteiger partial charge in [-0.15, -0.1) is 11.5 Å². The molecule has 0 N–H and O–H groups in total. The summed E-state index contributed by atoms with van der Waals surface area (Å²) in [7, 11) is -1.29. The third-order valence-electron chi connectivity index (χ3n) is 3.31. The molecule has 2 atom stereocenters. The fourth-order valence-corrected chi connectivity index (χ4v) is 3.02. The Morgan fingerprint density at radius 2 is 2.06 bits per heavy atom. The van der Waals surface area contributed by atoms with Crippen molar-refractivity contribution < 1.29 is 4.79 Å². The van der Waals surface area contributed by atoms with Crippen molar-refractivity contribution in [3.8, 4) is 17.5 Å². The number of carbonyl (C=O) groups excluding carboxylic acids is 1.